The molecule has 334 valence electrons. The minimum absolute atomic E-state index is 0.00586. The molecule has 0 aliphatic carbocycles. The van der Waals surface area contributed by atoms with Gasteiger partial charge in [0.1, 0.15) is 0 Å². The third-order valence-electron chi connectivity index (χ3n) is 10.0. The van der Waals surface area contributed by atoms with Gasteiger partial charge in [-0.1, -0.05) is 63.7 Å². The van der Waals surface area contributed by atoms with E-state index in [9.17, 15) is 49.1 Å². The lowest BCUT2D eigenvalue weighted by atomic mass is 9.86. The summed E-state index contributed by atoms with van der Waals surface area (Å²) in [5.74, 6) is 0.0261. The molecule has 3 aliphatic heterocycles. The minimum Gasteiger partial charge on any atom is -0.374 e. The molecule has 0 radical (unpaired) electrons. The third kappa shape index (κ3) is 11.3. The van der Waals surface area contributed by atoms with E-state index in [0.29, 0.717) is 51.3 Å². The molecule has 2 N–H and O–H groups in total. The lowest BCUT2D eigenvalue weighted by Crippen LogP contribution is -2.50. The van der Waals surface area contributed by atoms with Crippen molar-refractivity contribution in [3.8, 4) is 0 Å². The van der Waals surface area contributed by atoms with E-state index in [-0.39, 0.29) is 66.0 Å². The maximum Gasteiger partial charge on any atom is 0.435 e. The number of carbonyl (C=O) groups excluding carboxylic acids is 3. The van der Waals surface area contributed by atoms with Crippen LogP contribution < -0.4 is 10.6 Å². The van der Waals surface area contributed by atoms with Crippen molar-refractivity contribution in [2.75, 3.05) is 23.0 Å². The molecular formula is C42H33Cl4F6N3O6S2. The number of nitrogens with zero attached hydrogens (tertiary/aromatic N) is 1. The van der Waals surface area contributed by atoms with Crippen molar-refractivity contribution in [2.24, 2.45) is 5.16 Å². The Labute approximate surface area is 381 Å². The molecule has 9 nitrogen and oxygen atoms in total. The van der Waals surface area contributed by atoms with Crippen LogP contribution in [0.2, 0.25) is 20.1 Å². The first-order chi connectivity index (χ1) is 29.4. The molecular weight excluding hydrogens is 962 g/mol. The number of alkyl halides is 6. The topological polar surface area (TPSA) is 131 Å². The van der Waals surface area contributed by atoms with E-state index >= 15 is 0 Å². The highest BCUT2D eigenvalue weighted by Gasteiger charge is 2.62. The van der Waals surface area contributed by atoms with Crippen LogP contribution in [0.1, 0.15) is 65.3 Å². The molecule has 4 aromatic carbocycles. The number of ketones is 1. The zero-order valence-corrected chi connectivity index (χ0v) is 37.3. The van der Waals surface area contributed by atoms with Crippen molar-refractivity contribution in [2.45, 2.75) is 50.3 Å². The SMILES string of the molecule is Cc1cc(C(=O)/C=C(\c2cc(Cl)cc(Cl)c2)C(F)(F)F)ccc1C(=O)NC1CS(=O)C1.Cc1cc(C2=NOC(c3cc(Cl)cc(Cl)c3)(C(F)(F)F)C2)ccc1C(=O)NC1CS(=O)C1. The van der Waals surface area contributed by atoms with Crippen LogP contribution in [0, 0.1) is 13.8 Å². The van der Waals surface area contributed by atoms with Crippen molar-refractivity contribution < 1.29 is 54.0 Å². The highest BCUT2D eigenvalue weighted by atomic mass is 35.5. The van der Waals surface area contributed by atoms with Gasteiger partial charge in [0.15, 0.2) is 5.78 Å². The normalized spacial score (nSPS) is 22.0. The Kier molecular flexibility index (Phi) is 14.6. The van der Waals surface area contributed by atoms with Gasteiger partial charge < -0.3 is 15.5 Å². The molecule has 7 rings (SSSR count). The van der Waals surface area contributed by atoms with Crippen LogP contribution in [-0.4, -0.2) is 79.2 Å². The summed E-state index contributed by atoms with van der Waals surface area (Å²) < 4.78 is 106. The standard InChI is InChI=1S/C21H17Cl2F3N2O3S.C21H16Cl2F3NO3S/c1-11-4-12(2-3-17(11)19(29)27-16-9-32(30)10-16)18-8-20(31-28-18,21(24,25)26)13-5-14(22)7-15(23)6-13;1-11-4-12(2-3-17(11)20(29)27-16-9-31(30)10-16)19(28)8-18(21(24,25)26)13-5-14(22)7-15(23)6-13/h2-7,16H,8-10H2,1H3,(H,27,29);2-8,16H,9-10H2,1H3,(H,27,29)/b;18-8+. The van der Waals surface area contributed by atoms with Crippen LogP contribution in [0.15, 0.2) is 84.0 Å². The number of amides is 2. The van der Waals surface area contributed by atoms with Crippen LogP contribution in [-0.2, 0) is 32.0 Å². The third-order valence-corrected chi connectivity index (χ3v) is 14.0. The summed E-state index contributed by atoms with van der Waals surface area (Å²) >= 11 is 23.5. The summed E-state index contributed by atoms with van der Waals surface area (Å²) in [6, 6.07) is 15.5. The summed E-state index contributed by atoms with van der Waals surface area (Å²) in [4.78, 5) is 42.4. The molecule has 0 spiro atoms. The Balaban J connectivity index is 0.000000210. The summed E-state index contributed by atoms with van der Waals surface area (Å²) in [7, 11) is -1.81. The molecule has 3 aliphatic rings. The second kappa shape index (κ2) is 19.1. The van der Waals surface area contributed by atoms with Gasteiger partial charge in [-0.2, -0.15) is 26.3 Å². The van der Waals surface area contributed by atoms with Crippen LogP contribution >= 0.6 is 46.4 Å². The molecule has 2 amide bonds. The minimum atomic E-state index is -4.82. The summed E-state index contributed by atoms with van der Waals surface area (Å²) in [5.41, 5.74) is -2.32. The molecule has 1 atom stereocenters. The molecule has 2 fully saturated rings. The number of nitrogens with one attached hydrogen (secondary N) is 2. The first-order valence-corrected chi connectivity index (χ1v) is 23.0. The maximum absolute atomic E-state index is 14.1. The van der Waals surface area contributed by atoms with Crippen molar-refractivity contribution in [3.63, 3.8) is 0 Å². The van der Waals surface area contributed by atoms with Crippen molar-refractivity contribution in [3.05, 3.63) is 143 Å². The highest BCUT2D eigenvalue weighted by Crippen LogP contribution is 2.50. The number of carbonyl (C=O) groups is 3. The molecule has 0 saturated carbocycles. The lowest BCUT2D eigenvalue weighted by Gasteiger charge is -2.29. The van der Waals surface area contributed by atoms with Gasteiger partial charge >= 0.3 is 12.4 Å². The Bertz CT molecular complexity index is 2570. The number of benzene rings is 4. The van der Waals surface area contributed by atoms with Crippen LogP contribution in [0.3, 0.4) is 0 Å². The molecule has 2 saturated heterocycles. The predicted octanol–water partition coefficient (Wildman–Crippen LogP) is 9.74. The van der Waals surface area contributed by atoms with Gasteiger partial charge in [0.25, 0.3) is 17.4 Å². The van der Waals surface area contributed by atoms with Crippen molar-refractivity contribution >= 4 is 96.9 Å². The summed E-state index contributed by atoms with van der Waals surface area (Å²) in [6.07, 6.45) is -9.70. The van der Waals surface area contributed by atoms with Crippen molar-refractivity contribution in [1.29, 1.82) is 0 Å². The molecule has 0 bridgehead atoms. The van der Waals surface area contributed by atoms with Gasteiger partial charge in [-0.3, -0.25) is 22.8 Å². The quantitative estimate of drug-likeness (QED) is 0.0976. The van der Waals surface area contributed by atoms with Crippen LogP contribution in [0.4, 0.5) is 26.3 Å². The first-order valence-electron chi connectivity index (χ1n) is 18.5. The molecule has 1 unspecified atom stereocenters. The Morgan fingerprint density at radius 1 is 0.698 bits per heavy atom. The summed E-state index contributed by atoms with van der Waals surface area (Å²) in [6.45, 7) is 3.26. The zero-order valence-electron chi connectivity index (χ0n) is 32.7. The molecule has 3 heterocycles. The van der Waals surface area contributed by atoms with Gasteiger partial charge in [0.2, 0.25) is 0 Å². The summed E-state index contributed by atoms with van der Waals surface area (Å²) in [5, 5.41) is 9.38. The van der Waals surface area contributed by atoms with Crippen molar-refractivity contribution in [1.82, 2.24) is 10.6 Å². The van der Waals surface area contributed by atoms with Gasteiger partial charge in [0, 0.05) is 93.4 Å². The fourth-order valence-electron chi connectivity index (χ4n) is 6.76. The molecule has 0 aromatic heterocycles. The number of allylic oxidation sites excluding steroid dienone is 2. The average Bonchev–Trinajstić information content (AvgIpc) is 3.62. The zero-order chi connectivity index (χ0) is 46.2. The van der Waals surface area contributed by atoms with E-state index in [4.69, 9.17) is 51.2 Å². The number of rotatable bonds is 9. The lowest BCUT2D eigenvalue weighted by molar-refractivity contribution is -0.275. The predicted molar refractivity (Wildman–Crippen MR) is 232 cm³/mol. The Hall–Kier alpha value is -4.26. The fourth-order valence-corrected chi connectivity index (χ4v) is 9.75. The maximum atomic E-state index is 14.1. The van der Waals surface area contributed by atoms with E-state index < -0.39 is 63.2 Å². The Morgan fingerprint density at radius 2 is 1.17 bits per heavy atom. The molecule has 21 heteroatoms. The number of hydrogen-bond donors (Lipinski definition) is 2. The number of oxime groups is 1. The second-order valence-electron chi connectivity index (χ2n) is 14.8. The van der Waals surface area contributed by atoms with E-state index in [1.54, 1.807) is 19.9 Å². The van der Waals surface area contributed by atoms with Gasteiger partial charge in [-0.15, -0.1) is 0 Å². The van der Waals surface area contributed by atoms with Gasteiger partial charge in [-0.25, -0.2) is 0 Å². The van der Waals surface area contributed by atoms with E-state index in [2.05, 4.69) is 15.8 Å². The van der Waals surface area contributed by atoms with Crippen LogP contribution in [0.5, 0.6) is 0 Å². The van der Waals surface area contributed by atoms with E-state index in [1.807, 2.05) is 0 Å². The molecule has 63 heavy (non-hydrogen) atoms. The first kappa shape index (κ1) is 48.2. The molecule has 4 aromatic rings. The van der Waals surface area contributed by atoms with E-state index in [0.717, 1.165) is 24.3 Å². The van der Waals surface area contributed by atoms with Gasteiger partial charge in [0.05, 0.1) is 23.4 Å². The van der Waals surface area contributed by atoms with Crippen LogP contribution in [0.25, 0.3) is 5.57 Å². The fraction of sp³-hybridized carbons (Fsp3) is 0.286. The number of aryl methyl sites for hydroxylation is 2. The highest BCUT2D eigenvalue weighted by molar-refractivity contribution is 7.86. The monoisotopic (exact) mass is 993 g/mol. The van der Waals surface area contributed by atoms with Gasteiger partial charge in [-0.05, 0) is 103 Å². The smallest absolute Gasteiger partial charge is 0.374 e. The number of halogens is 10. The average molecular weight is 996 g/mol. The number of hydrogen-bond acceptors (Lipinski definition) is 7. The second-order valence-corrected chi connectivity index (χ2v) is 19.7. The van der Waals surface area contributed by atoms with E-state index in [1.165, 1.54) is 42.5 Å². The Morgan fingerprint density at radius 3 is 1.62 bits per heavy atom. The largest absolute Gasteiger partial charge is 0.435 e.